The Morgan fingerprint density at radius 3 is 0.917 bits per heavy atom. The van der Waals surface area contributed by atoms with Crippen LogP contribution in [0.2, 0.25) is 0 Å². The molecule has 0 aromatic heterocycles. The van der Waals surface area contributed by atoms with E-state index in [0.29, 0.717) is 0 Å². The van der Waals surface area contributed by atoms with Gasteiger partial charge < -0.3 is 0 Å². The quantitative estimate of drug-likeness (QED) is 0.440. The van der Waals surface area contributed by atoms with E-state index in [2.05, 4.69) is 6.58 Å². The van der Waals surface area contributed by atoms with Crippen LogP contribution in [0.25, 0.3) is 0 Å². The van der Waals surface area contributed by atoms with Crippen molar-refractivity contribution < 1.29 is 0 Å². The maximum absolute atomic E-state index is 3.56. The first kappa shape index (κ1) is 22.5. The van der Waals surface area contributed by atoms with E-state index in [1.807, 2.05) is 67.5 Å². The molecule has 0 bridgehead atoms. The first-order valence-corrected chi connectivity index (χ1v) is 4.84. The second kappa shape index (κ2) is 46.9. The number of rotatable bonds is 0. The van der Waals surface area contributed by atoms with Crippen molar-refractivity contribution in [1.29, 1.82) is 0 Å². The van der Waals surface area contributed by atoms with Crippen molar-refractivity contribution in [2.45, 2.75) is 55.4 Å². The normalized spacial score (nSPS) is 6.33. The predicted molar refractivity (Wildman–Crippen MR) is 63.7 cm³/mol. The molecule has 0 aliphatic heterocycles. The number of hydrogen-bond acceptors (Lipinski definition) is 0. The van der Waals surface area contributed by atoms with Crippen LogP contribution in [0.3, 0.4) is 0 Å². The maximum atomic E-state index is 3.56. The van der Waals surface area contributed by atoms with Crippen molar-refractivity contribution in [1.82, 2.24) is 0 Å². The molecular formula is C12H28. The highest BCUT2D eigenvalue weighted by atomic mass is 13.6. The summed E-state index contributed by atoms with van der Waals surface area (Å²) in [5.74, 6) is 0. The van der Waals surface area contributed by atoms with E-state index in [-0.39, 0.29) is 0 Å². The molecule has 0 rings (SSSR count). The van der Waals surface area contributed by atoms with Crippen LogP contribution in [-0.2, 0) is 0 Å². The molecule has 0 saturated heterocycles. The Kier molecular flexibility index (Phi) is 88.1. The van der Waals surface area contributed by atoms with Gasteiger partial charge in [0.05, 0.1) is 0 Å². The molecule has 0 aromatic carbocycles. The van der Waals surface area contributed by atoms with Crippen LogP contribution < -0.4 is 0 Å². The SMILES string of the molecule is C/C=C\C.C=C(C)C.CC.CC. The molecule has 0 spiro atoms. The fourth-order valence-corrected chi connectivity index (χ4v) is 0. The number of hydrogen-bond donors (Lipinski definition) is 0. The third kappa shape index (κ3) is 2960. The Labute approximate surface area is 80.4 Å². The number of allylic oxidation sites excluding steroid dienone is 3. The molecule has 0 radical (unpaired) electrons. The van der Waals surface area contributed by atoms with Gasteiger partial charge in [-0.2, -0.15) is 0 Å². The lowest BCUT2D eigenvalue weighted by molar-refractivity contribution is 1.42. The molecule has 0 saturated carbocycles. The van der Waals surface area contributed by atoms with Crippen LogP contribution in [-0.4, -0.2) is 0 Å². The highest BCUT2D eigenvalue weighted by Gasteiger charge is 1.51. The summed E-state index contributed by atoms with van der Waals surface area (Å²) < 4.78 is 0. The molecule has 0 atom stereocenters. The second-order valence-corrected chi connectivity index (χ2v) is 1.87. The van der Waals surface area contributed by atoms with Gasteiger partial charge in [-0.1, -0.05) is 45.4 Å². The van der Waals surface area contributed by atoms with E-state index in [1.54, 1.807) is 0 Å². The summed E-state index contributed by atoms with van der Waals surface area (Å²) in [7, 11) is 0. The molecule has 0 amide bonds. The molecule has 0 unspecified atom stereocenters. The summed E-state index contributed by atoms with van der Waals surface area (Å²) in [6.07, 6.45) is 4.00. The highest BCUT2D eigenvalue weighted by molar-refractivity contribution is 4.78. The Morgan fingerprint density at radius 1 is 0.833 bits per heavy atom. The van der Waals surface area contributed by atoms with Gasteiger partial charge in [-0.3, -0.25) is 0 Å². The van der Waals surface area contributed by atoms with Crippen LogP contribution >= 0.6 is 0 Å². The molecule has 76 valence electrons. The summed E-state index contributed by atoms with van der Waals surface area (Å²) >= 11 is 0. The third-order valence-corrected chi connectivity index (χ3v) is 0.333. The molecule has 12 heavy (non-hydrogen) atoms. The maximum Gasteiger partial charge on any atom is -0.0445 e. The van der Waals surface area contributed by atoms with E-state index >= 15 is 0 Å². The average molecular weight is 172 g/mol. The summed E-state index contributed by atoms with van der Waals surface area (Å²) in [5, 5.41) is 0. The Morgan fingerprint density at radius 2 is 0.917 bits per heavy atom. The van der Waals surface area contributed by atoms with Crippen molar-refractivity contribution in [2.24, 2.45) is 0 Å². The Bertz CT molecular complexity index is 60.1. The Balaban J connectivity index is -0.0000000380. The van der Waals surface area contributed by atoms with E-state index in [4.69, 9.17) is 0 Å². The zero-order valence-electron chi connectivity index (χ0n) is 10.4. The largest absolute Gasteiger partial charge is 0.100 e. The van der Waals surface area contributed by atoms with Crippen molar-refractivity contribution >= 4 is 0 Å². The van der Waals surface area contributed by atoms with E-state index < -0.39 is 0 Å². The average Bonchev–Trinajstić information content (AvgIpc) is 2.10. The molecule has 0 heteroatoms. The molecule has 0 aromatic rings. The van der Waals surface area contributed by atoms with Crippen LogP contribution in [0, 0.1) is 0 Å². The van der Waals surface area contributed by atoms with Gasteiger partial charge in [-0.25, -0.2) is 0 Å². The van der Waals surface area contributed by atoms with Gasteiger partial charge in [-0.05, 0) is 27.7 Å². The molecule has 0 nitrogen and oxygen atoms in total. The van der Waals surface area contributed by atoms with Crippen molar-refractivity contribution in [2.75, 3.05) is 0 Å². The van der Waals surface area contributed by atoms with Crippen LogP contribution in [0.5, 0.6) is 0 Å². The van der Waals surface area contributed by atoms with Gasteiger partial charge in [0.2, 0.25) is 0 Å². The minimum absolute atomic E-state index is 1.17. The topological polar surface area (TPSA) is 0 Å². The van der Waals surface area contributed by atoms with Gasteiger partial charge in [0, 0.05) is 0 Å². The van der Waals surface area contributed by atoms with Gasteiger partial charge >= 0.3 is 0 Å². The summed E-state index contributed by atoms with van der Waals surface area (Å²) in [5.41, 5.74) is 1.17. The molecule has 0 heterocycles. The molecule has 0 aliphatic carbocycles. The van der Waals surface area contributed by atoms with Crippen molar-refractivity contribution in [3.05, 3.63) is 24.3 Å². The zero-order valence-corrected chi connectivity index (χ0v) is 10.4. The second-order valence-electron chi connectivity index (χ2n) is 1.87. The lowest BCUT2D eigenvalue weighted by Crippen LogP contribution is -1.43. The third-order valence-electron chi connectivity index (χ3n) is 0.333. The van der Waals surface area contributed by atoms with E-state index in [0.717, 1.165) is 0 Å². The summed E-state index contributed by atoms with van der Waals surface area (Å²) in [6, 6.07) is 0. The molecule has 0 aliphatic rings. The molecular weight excluding hydrogens is 144 g/mol. The fraction of sp³-hybridized carbons (Fsp3) is 0.667. The van der Waals surface area contributed by atoms with Crippen LogP contribution in [0.4, 0.5) is 0 Å². The Hall–Kier alpha value is -0.520. The van der Waals surface area contributed by atoms with E-state index in [1.165, 1.54) is 5.57 Å². The van der Waals surface area contributed by atoms with Crippen molar-refractivity contribution in [3.63, 3.8) is 0 Å². The lowest BCUT2D eigenvalue weighted by atomic mass is 10.4. The first-order chi connectivity index (χ1) is 5.65. The molecule has 0 fully saturated rings. The van der Waals surface area contributed by atoms with Gasteiger partial charge in [-0.15, -0.1) is 6.58 Å². The van der Waals surface area contributed by atoms with Gasteiger partial charge in [0.15, 0.2) is 0 Å². The fourth-order valence-electron chi connectivity index (χ4n) is 0. The lowest BCUT2D eigenvalue weighted by Gasteiger charge is -1.65. The van der Waals surface area contributed by atoms with Gasteiger partial charge in [0.1, 0.15) is 0 Å². The highest BCUT2D eigenvalue weighted by Crippen LogP contribution is 1.73. The van der Waals surface area contributed by atoms with Gasteiger partial charge in [0.25, 0.3) is 0 Å². The first-order valence-electron chi connectivity index (χ1n) is 4.84. The van der Waals surface area contributed by atoms with E-state index in [9.17, 15) is 0 Å². The predicted octanol–water partition coefficient (Wildman–Crippen LogP) is 5.22. The smallest absolute Gasteiger partial charge is 0.0445 e. The summed E-state index contributed by atoms with van der Waals surface area (Å²) in [6.45, 7) is 19.5. The minimum Gasteiger partial charge on any atom is -0.100 e. The minimum atomic E-state index is 1.17. The zero-order chi connectivity index (χ0) is 11.0. The van der Waals surface area contributed by atoms with Crippen LogP contribution in [0.1, 0.15) is 55.4 Å². The summed E-state index contributed by atoms with van der Waals surface area (Å²) in [4.78, 5) is 0. The van der Waals surface area contributed by atoms with Crippen molar-refractivity contribution in [3.8, 4) is 0 Å². The molecule has 0 N–H and O–H groups in total. The standard InChI is InChI=1S/2C4H8.2C2H6/c1-4(2)3;1-3-4-2;2*1-2/h1H2,2-3H3;3-4H,1-2H3;2*1-2H3/b;4-3-;;. The van der Waals surface area contributed by atoms with Crippen LogP contribution in [0.15, 0.2) is 24.3 Å². The monoisotopic (exact) mass is 172 g/mol.